The molecule has 6 nitrogen and oxygen atoms in total. The van der Waals surface area contributed by atoms with Crippen molar-refractivity contribution in [2.45, 2.75) is 39.3 Å². The predicted molar refractivity (Wildman–Crippen MR) is 87.2 cm³/mol. The van der Waals surface area contributed by atoms with Crippen LogP contribution < -0.4 is 15.4 Å². The molecule has 0 radical (unpaired) electrons. The third-order valence-electron chi connectivity index (χ3n) is 2.69. The zero-order chi connectivity index (χ0) is 19.1. The van der Waals surface area contributed by atoms with Gasteiger partial charge in [-0.1, -0.05) is 18.2 Å². The quantitative estimate of drug-likeness (QED) is 0.479. The van der Waals surface area contributed by atoms with E-state index in [1.54, 1.807) is 26.8 Å². The van der Waals surface area contributed by atoms with Gasteiger partial charge in [-0.3, -0.25) is 9.79 Å². The first-order chi connectivity index (χ1) is 11.5. The number of carbonyl (C=O) groups excluding carboxylic acids is 1. The fraction of sp³-hybridized carbons (Fsp3) is 0.500. The Morgan fingerprint density at radius 2 is 1.80 bits per heavy atom. The zero-order valence-corrected chi connectivity index (χ0v) is 14.5. The fourth-order valence-corrected chi connectivity index (χ4v) is 1.81. The summed E-state index contributed by atoms with van der Waals surface area (Å²) in [6.07, 6.45) is -4.77. The van der Waals surface area contributed by atoms with Crippen molar-refractivity contribution < 1.29 is 27.4 Å². The van der Waals surface area contributed by atoms with E-state index >= 15 is 0 Å². The number of halogens is 3. The molecule has 0 aliphatic rings. The van der Waals surface area contributed by atoms with Crippen LogP contribution in [0.1, 0.15) is 26.3 Å². The van der Waals surface area contributed by atoms with Crippen LogP contribution >= 0.6 is 0 Å². The summed E-state index contributed by atoms with van der Waals surface area (Å²) >= 11 is 0. The van der Waals surface area contributed by atoms with Crippen LogP contribution in [0, 0.1) is 0 Å². The Morgan fingerprint density at radius 1 is 1.16 bits per heavy atom. The molecule has 2 N–H and O–H groups in total. The van der Waals surface area contributed by atoms with Crippen molar-refractivity contribution in [2.24, 2.45) is 4.99 Å². The van der Waals surface area contributed by atoms with Gasteiger partial charge in [0.2, 0.25) is 0 Å². The number of para-hydroxylation sites is 1. The minimum Gasteiger partial charge on any atom is -0.459 e. The number of alkyl halides is 3. The lowest BCUT2D eigenvalue weighted by atomic mass is 10.2. The van der Waals surface area contributed by atoms with Gasteiger partial charge < -0.3 is 20.1 Å². The number of nitrogens with one attached hydrogen (secondary N) is 2. The number of aliphatic imine (C=N–C) groups is 1. The molecule has 0 amide bonds. The van der Waals surface area contributed by atoms with E-state index in [9.17, 15) is 18.0 Å². The Kier molecular flexibility index (Phi) is 7.08. The summed E-state index contributed by atoms with van der Waals surface area (Å²) in [7, 11) is 1.47. The molecule has 0 bridgehead atoms. The molecule has 25 heavy (non-hydrogen) atoms. The number of rotatable bonds is 5. The van der Waals surface area contributed by atoms with Crippen LogP contribution in [0.15, 0.2) is 29.3 Å². The molecule has 1 aromatic rings. The molecule has 0 aliphatic carbocycles. The molecule has 1 aromatic carbocycles. The molecule has 0 aromatic heterocycles. The van der Waals surface area contributed by atoms with E-state index in [0.29, 0.717) is 5.56 Å². The van der Waals surface area contributed by atoms with Gasteiger partial charge in [0.05, 0.1) is 0 Å². The number of hydrogen-bond donors (Lipinski definition) is 2. The second-order valence-electron chi connectivity index (χ2n) is 6.02. The Balaban J connectivity index is 2.60. The minimum atomic E-state index is -4.77. The van der Waals surface area contributed by atoms with E-state index in [4.69, 9.17) is 4.74 Å². The van der Waals surface area contributed by atoms with E-state index < -0.39 is 17.9 Å². The summed E-state index contributed by atoms with van der Waals surface area (Å²) in [5.41, 5.74) is -0.316. The first-order valence-electron chi connectivity index (χ1n) is 7.50. The number of nitrogens with zero attached hydrogens (tertiary/aromatic N) is 1. The first kappa shape index (κ1) is 20.6. The summed E-state index contributed by atoms with van der Waals surface area (Å²) in [6.45, 7) is 5.14. The Morgan fingerprint density at radius 3 is 2.36 bits per heavy atom. The maximum Gasteiger partial charge on any atom is 0.573 e. The van der Waals surface area contributed by atoms with Crippen LogP contribution in [-0.4, -0.2) is 37.5 Å². The molecule has 0 aliphatic heterocycles. The lowest BCUT2D eigenvalue weighted by Crippen LogP contribution is -2.41. The van der Waals surface area contributed by atoms with Gasteiger partial charge in [-0.05, 0) is 26.8 Å². The van der Waals surface area contributed by atoms with Crippen LogP contribution in [0.3, 0.4) is 0 Å². The smallest absolute Gasteiger partial charge is 0.459 e. The van der Waals surface area contributed by atoms with Crippen LogP contribution in [-0.2, 0) is 16.1 Å². The van der Waals surface area contributed by atoms with E-state index in [1.807, 2.05) is 0 Å². The van der Waals surface area contributed by atoms with E-state index in [-0.39, 0.29) is 24.8 Å². The zero-order valence-electron chi connectivity index (χ0n) is 14.5. The van der Waals surface area contributed by atoms with E-state index in [2.05, 4.69) is 20.4 Å². The average molecular weight is 361 g/mol. The van der Waals surface area contributed by atoms with Gasteiger partial charge in [0.25, 0.3) is 0 Å². The first-order valence-corrected chi connectivity index (χ1v) is 7.50. The lowest BCUT2D eigenvalue weighted by molar-refractivity contribution is -0.274. The lowest BCUT2D eigenvalue weighted by Gasteiger charge is -2.20. The second kappa shape index (κ2) is 8.59. The second-order valence-corrected chi connectivity index (χ2v) is 6.02. The van der Waals surface area contributed by atoms with Gasteiger partial charge in [-0.2, -0.15) is 0 Å². The summed E-state index contributed by atoms with van der Waals surface area (Å²) in [5.74, 6) is -0.533. The highest BCUT2D eigenvalue weighted by atomic mass is 19.4. The summed E-state index contributed by atoms with van der Waals surface area (Å²) in [5, 5.41) is 5.54. The summed E-state index contributed by atoms with van der Waals surface area (Å²) in [6, 6.07) is 5.76. The van der Waals surface area contributed by atoms with Crippen LogP contribution in [0.25, 0.3) is 0 Å². The Hall–Kier alpha value is -2.45. The van der Waals surface area contributed by atoms with Crippen molar-refractivity contribution in [2.75, 3.05) is 13.6 Å². The third kappa shape index (κ3) is 8.83. The van der Waals surface area contributed by atoms with Gasteiger partial charge in [-0.15, -0.1) is 13.2 Å². The Bertz CT molecular complexity index is 611. The maximum atomic E-state index is 12.4. The van der Waals surface area contributed by atoms with Gasteiger partial charge in [-0.25, -0.2) is 0 Å². The molecule has 9 heteroatoms. The number of benzene rings is 1. The third-order valence-corrected chi connectivity index (χ3v) is 2.69. The monoisotopic (exact) mass is 361 g/mol. The highest BCUT2D eigenvalue weighted by Crippen LogP contribution is 2.25. The van der Waals surface area contributed by atoms with E-state index in [1.165, 1.54) is 25.2 Å². The number of carbonyl (C=O) groups is 1. The van der Waals surface area contributed by atoms with Crippen molar-refractivity contribution >= 4 is 11.9 Å². The van der Waals surface area contributed by atoms with Crippen molar-refractivity contribution in [3.63, 3.8) is 0 Å². The largest absolute Gasteiger partial charge is 0.573 e. The van der Waals surface area contributed by atoms with Crippen molar-refractivity contribution in [3.8, 4) is 5.75 Å². The van der Waals surface area contributed by atoms with E-state index in [0.717, 1.165) is 0 Å². The van der Waals surface area contributed by atoms with Gasteiger partial charge in [0.15, 0.2) is 5.96 Å². The molecule has 140 valence electrons. The molecule has 0 fully saturated rings. The molecule has 0 saturated carbocycles. The summed E-state index contributed by atoms with van der Waals surface area (Å²) in [4.78, 5) is 15.6. The van der Waals surface area contributed by atoms with Crippen LogP contribution in [0.2, 0.25) is 0 Å². The topological polar surface area (TPSA) is 72.0 Å². The number of ether oxygens (including phenoxy) is 2. The normalized spacial score (nSPS) is 12.5. The average Bonchev–Trinajstić information content (AvgIpc) is 2.45. The van der Waals surface area contributed by atoms with Crippen molar-refractivity contribution in [1.29, 1.82) is 0 Å². The molecule has 0 spiro atoms. The van der Waals surface area contributed by atoms with Gasteiger partial charge >= 0.3 is 12.3 Å². The molecule has 0 saturated heterocycles. The number of hydrogen-bond acceptors (Lipinski definition) is 4. The highest BCUT2D eigenvalue weighted by Gasteiger charge is 2.31. The van der Waals surface area contributed by atoms with Crippen LogP contribution in [0.5, 0.6) is 5.75 Å². The Labute approximate surface area is 144 Å². The molecule has 0 atom stereocenters. The highest BCUT2D eigenvalue weighted by molar-refractivity contribution is 5.84. The molecular formula is C16H22F3N3O3. The fourth-order valence-electron chi connectivity index (χ4n) is 1.81. The SMILES string of the molecule is CN=C(NCC(=O)OC(C)(C)C)NCc1ccccc1OC(F)(F)F. The summed E-state index contributed by atoms with van der Waals surface area (Å²) < 4.78 is 46.3. The number of esters is 1. The minimum absolute atomic E-state index is 0.0280. The maximum absolute atomic E-state index is 12.4. The van der Waals surface area contributed by atoms with Crippen molar-refractivity contribution in [1.82, 2.24) is 10.6 Å². The standard InChI is InChI=1S/C16H22F3N3O3/c1-15(2,3)25-13(23)10-22-14(20-4)21-9-11-7-5-6-8-12(11)24-16(17,18)19/h5-8H,9-10H2,1-4H3,(H2,20,21,22). The van der Waals surface area contributed by atoms with Crippen LogP contribution in [0.4, 0.5) is 13.2 Å². The molecule has 0 unspecified atom stereocenters. The molecule has 0 heterocycles. The van der Waals surface area contributed by atoms with Crippen molar-refractivity contribution in [3.05, 3.63) is 29.8 Å². The molecular weight excluding hydrogens is 339 g/mol. The molecule has 1 rings (SSSR count). The number of guanidine groups is 1. The predicted octanol–water partition coefficient (Wildman–Crippen LogP) is 2.59. The van der Waals surface area contributed by atoms with Gasteiger partial charge in [0.1, 0.15) is 17.9 Å². The van der Waals surface area contributed by atoms with Gasteiger partial charge in [0, 0.05) is 19.2 Å².